The SMILES string of the molecule is CN1C[C@@H]2C/C=C\C[C@H](NC(=O)c3ccccc3)C(=O)N2[C@H](C(=O)O)C1. The summed E-state index contributed by atoms with van der Waals surface area (Å²) in [7, 11) is 1.86. The Morgan fingerprint density at radius 1 is 1.12 bits per heavy atom. The van der Waals surface area contributed by atoms with E-state index in [0.717, 1.165) is 0 Å². The molecule has 26 heavy (non-hydrogen) atoms. The number of amides is 2. The van der Waals surface area contributed by atoms with Crippen molar-refractivity contribution in [3.05, 3.63) is 48.0 Å². The van der Waals surface area contributed by atoms with Gasteiger partial charge in [0, 0.05) is 24.7 Å². The van der Waals surface area contributed by atoms with Gasteiger partial charge in [-0.25, -0.2) is 4.79 Å². The molecule has 2 heterocycles. The number of carboxylic acids is 1. The van der Waals surface area contributed by atoms with Crippen molar-refractivity contribution >= 4 is 17.8 Å². The summed E-state index contributed by atoms with van der Waals surface area (Å²) in [5.41, 5.74) is 0.469. The number of carboxylic acid groups (broad SMARTS) is 1. The molecule has 138 valence electrons. The Hall–Kier alpha value is -2.67. The zero-order valence-electron chi connectivity index (χ0n) is 14.7. The molecule has 1 aromatic carbocycles. The van der Waals surface area contributed by atoms with Crippen LogP contribution in [0.15, 0.2) is 42.5 Å². The molecule has 0 radical (unpaired) electrons. The number of carbonyl (C=O) groups is 3. The molecule has 7 nitrogen and oxygen atoms in total. The van der Waals surface area contributed by atoms with Gasteiger partial charge >= 0.3 is 5.97 Å². The maximum Gasteiger partial charge on any atom is 0.327 e. The number of nitrogens with zero attached hydrogens (tertiary/aromatic N) is 2. The minimum absolute atomic E-state index is 0.213. The lowest BCUT2D eigenvalue weighted by atomic mass is 9.97. The van der Waals surface area contributed by atoms with Crippen LogP contribution in [0.5, 0.6) is 0 Å². The second-order valence-electron chi connectivity index (χ2n) is 6.81. The van der Waals surface area contributed by atoms with Gasteiger partial charge < -0.3 is 20.2 Å². The molecular weight excluding hydrogens is 334 g/mol. The van der Waals surface area contributed by atoms with Gasteiger partial charge in [-0.05, 0) is 32.0 Å². The smallest absolute Gasteiger partial charge is 0.327 e. The van der Waals surface area contributed by atoms with E-state index in [0.29, 0.717) is 24.9 Å². The Balaban J connectivity index is 1.84. The van der Waals surface area contributed by atoms with Gasteiger partial charge in [-0.2, -0.15) is 0 Å². The summed E-state index contributed by atoms with van der Waals surface area (Å²) in [6.07, 6.45) is 4.81. The highest BCUT2D eigenvalue weighted by molar-refractivity contribution is 5.98. The quantitative estimate of drug-likeness (QED) is 0.779. The lowest BCUT2D eigenvalue weighted by molar-refractivity contribution is -0.157. The minimum atomic E-state index is -1.02. The molecule has 1 aromatic rings. The van der Waals surface area contributed by atoms with Crippen LogP contribution >= 0.6 is 0 Å². The standard InChI is InChI=1S/C19H23N3O4/c1-21-11-14-9-5-6-10-15(18(24)22(14)16(12-21)19(25)26)20-17(23)13-7-3-2-4-8-13/h2-8,14-16H,9-12H2,1H3,(H,20,23)(H,25,26)/b6-5-/t14-,15-,16-/m0/s1. The highest BCUT2D eigenvalue weighted by Crippen LogP contribution is 2.22. The number of nitrogens with one attached hydrogen (secondary N) is 1. The number of benzene rings is 1. The Bertz CT molecular complexity index is 719. The van der Waals surface area contributed by atoms with Gasteiger partial charge in [-0.3, -0.25) is 9.59 Å². The summed E-state index contributed by atoms with van der Waals surface area (Å²) in [5, 5.41) is 12.4. The summed E-state index contributed by atoms with van der Waals surface area (Å²) in [6, 6.07) is 6.79. The monoisotopic (exact) mass is 357 g/mol. The maximum atomic E-state index is 13.1. The molecule has 0 unspecified atom stereocenters. The minimum Gasteiger partial charge on any atom is -0.480 e. The van der Waals surface area contributed by atoms with E-state index in [9.17, 15) is 19.5 Å². The van der Waals surface area contributed by atoms with Crippen molar-refractivity contribution < 1.29 is 19.5 Å². The van der Waals surface area contributed by atoms with Gasteiger partial charge in [-0.1, -0.05) is 30.4 Å². The van der Waals surface area contributed by atoms with E-state index in [-0.39, 0.29) is 24.4 Å². The first-order chi connectivity index (χ1) is 12.5. The van der Waals surface area contributed by atoms with Crippen molar-refractivity contribution in [3.8, 4) is 0 Å². The van der Waals surface area contributed by atoms with Crippen LogP contribution < -0.4 is 5.32 Å². The molecule has 1 fully saturated rings. The van der Waals surface area contributed by atoms with Crippen molar-refractivity contribution in [1.82, 2.24) is 15.1 Å². The number of aliphatic carboxylic acids is 1. The topological polar surface area (TPSA) is 90.0 Å². The van der Waals surface area contributed by atoms with E-state index in [1.807, 2.05) is 30.2 Å². The number of carbonyl (C=O) groups excluding carboxylic acids is 2. The largest absolute Gasteiger partial charge is 0.480 e. The Morgan fingerprint density at radius 3 is 2.50 bits per heavy atom. The van der Waals surface area contributed by atoms with Crippen molar-refractivity contribution in [2.24, 2.45) is 0 Å². The molecule has 2 amide bonds. The second kappa shape index (κ2) is 7.70. The van der Waals surface area contributed by atoms with Crippen LogP contribution in [0.4, 0.5) is 0 Å². The summed E-state index contributed by atoms with van der Waals surface area (Å²) in [4.78, 5) is 40.7. The average molecular weight is 357 g/mol. The van der Waals surface area contributed by atoms with Crippen LogP contribution in [0.3, 0.4) is 0 Å². The Morgan fingerprint density at radius 2 is 1.81 bits per heavy atom. The third-order valence-corrected chi connectivity index (χ3v) is 4.86. The Labute approximate surface area is 152 Å². The zero-order valence-corrected chi connectivity index (χ0v) is 14.7. The predicted octanol–water partition coefficient (Wildman–Crippen LogP) is 0.731. The van der Waals surface area contributed by atoms with Crippen LogP contribution in [0, 0.1) is 0 Å². The van der Waals surface area contributed by atoms with Crippen LogP contribution in [-0.4, -0.2) is 71.0 Å². The third-order valence-electron chi connectivity index (χ3n) is 4.86. The molecule has 0 bridgehead atoms. The summed E-state index contributed by atoms with van der Waals surface area (Å²) in [6.45, 7) is 0.889. The van der Waals surface area contributed by atoms with E-state index in [1.165, 1.54) is 4.90 Å². The summed E-state index contributed by atoms with van der Waals surface area (Å²) < 4.78 is 0. The first-order valence-corrected chi connectivity index (χ1v) is 8.72. The van der Waals surface area contributed by atoms with Crippen LogP contribution in [0.2, 0.25) is 0 Å². The summed E-state index contributed by atoms with van der Waals surface area (Å²) in [5.74, 6) is -1.69. The normalized spacial score (nSPS) is 27.8. The fourth-order valence-electron chi connectivity index (χ4n) is 3.60. The molecule has 0 aliphatic carbocycles. The molecule has 2 aliphatic heterocycles. The molecule has 1 saturated heterocycles. The fourth-order valence-corrected chi connectivity index (χ4v) is 3.60. The molecule has 3 rings (SSSR count). The van der Waals surface area contributed by atoms with Crippen molar-refractivity contribution in [1.29, 1.82) is 0 Å². The molecule has 2 aliphatic rings. The van der Waals surface area contributed by atoms with Crippen LogP contribution in [0.25, 0.3) is 0 Å². The van der Waals surface area contributed by atoms with Gasteiger partial charge in [0.05, 0.1) is 0 Å². The Kier molecular flexibility index (Phi) is 5.37. The highest BCUT2D eigenvalue weighted by atomic mass is 16.4. The van der Waals surface area contributed by atoms with Crippen molar-refractivity contribution in [2.75, 3.05) is 20.1 Å². The number of rotatable bonds is 3. The first-order valence-electron chi connectivity index (χ1n) is 8.72. The molecule has 2 N–H and O–H groups in total. The van der Waals surface area contributed by atoms with E-state index >= 15 is 0 Å². The number of likely N-dealkylation sites (N-methyl/N-ethyl adjacent to an activating group) is 1. The lowest BCUT2D eigenvalue weighted by Crippen LogP contribution is -2.65. The number of piperazine rings is 1. The van der Waals surface area contributed by atoms with Crippen molar-refractivity contribution in [2.45, 2.75) is 31.0 Å². The number of hydrogen-bond donors (Lipinski definition) is 2. The number of hydrogen-bond acceptors (Lipinski definition) is 4. The molecule has 3 atom stereocenters. The van der Waals surface area contributed by atoms with Gasteiger partial charge in [0.25, 0.3) is 5.91 Å². The van der Waals surface area contributed by atoms with Crippen LogP contribution in [0.1, 0.15) is 23.2 Å². The maximum absolute atomic E-state index is 13.1. The van der Waals surface area contributed by atoms with E-state index in [1.54, 1.807) is 24.3 Å². The van der Waals surface area contributed by atoms with Gasteiger partial charge in [-0.15, -0.1) is 0 Å². The van der Waals surface area contributed by atoms with E-state index in [4.69, 9.17) is 0 Å². The third kappa shape index (κ3) is 3.77. The van der Waals surface area contributed by atoms with Gasteiger partial charge in [0.15, 0.2) is 0 Å². The highest BCUT2D eigenvalue weighted by Gasteiger charge is 2.42. The number of fused-ring (bicyclic) bond motifs is 1. The molecule has 7 heteroatoms. The van der Waals surface area contributed by atoms with E-state index < -0.39 is 18.1 Å². The molecule has 0 saturated carbocycles. The molecule has 0 spiro atoms. The van der Waals surface area contributed by atoms with Gasteiger partial charge in [0.1, 0.15) is 12.1 Å². The van der Waals surface area contributed by atoms with E-state index in [2.05, 4.69) is 5.32 Å². The lowest BCUT2D eigenvalue weighted by Gasteiger charge is -2.45. The van der Waals surface area contributed by atoms with Crippen LogP contribution in [-0.2, 0) is 9.59 Å². The predicted molar refractivity (Wildman–Crippen MR) is 95.6 cm³/mol. The zero-order chi connectivity index (χ0) is 18.7. The summed E-state index contributed by atoms with van der Waals surface area (Å²) >= 11 is 0. The molecule has 0 aromatic heterocycles. The second-order valence-corrected chi connectivity index (χ2v) is 6.81. The van der Waals surface area contributed by atoms with Crippen molar-refractivity contribution in [3.63, 3.8) is 0 Å². The molecular formula is C19H23N3O4. The fraction of sp³-hybridized carbons (Fsp3) is 0.421. The average Bonchev–Trinajstić information content (AvgIpc) is 2.62. The van der Waals surface area contributed by atoms with Gasteiger partial charge in [0.2, 0.25) is 5.91 Å². The first kappa shape index (κ1) is 18.1.